The Morgan fingerprint density at radius 3 is 1.76 bits per heavy atom. The maximum Gasteiger partial charge on any atom is 0.292 e. The van der Waals surface area contributed by atoms with Crippen molar-refractivity contribution in [3.63, 3.8) is 0 Å². The number of hydrogen-bond donors (Lipinski definition) is 0. The van der Waals surface area contributed by atoms with Crippen molar-refractivity contribution in [3.05, 3.63) is 125 Å². The van der Waals surface area contributed by atoms with E-state index in [4.69, 9.17) is 20.0 Å². The number of anilines is 1. The summed E-state index contributed by atoms with van der Waals surface area (Å²) in [5.41, 5.74) is 6.15. The van der Waals surface area contributed by atoms with Gasteiger partial charge in [-0.05, 0) is 65.6 Å². The molecular weight excluding hydrogens is 422 g/mol. The maximum atomic E-state index is 8.93. The summed E-state index contributed by atoms with van der Waals surface area (Å²) in [6.45, 7) is 2.81. The third-order valence-corrected chi connectivity index (χ3v) is 6.36. The Balaban J connectivity index is 1.79. The van der Waals surface area contributed by atoms with Crippen LogP contribution in [0.15, 0.2) is 97.1 Å². The van der Waals surface area contributed by atoms with Crippen molar-refractivity contribution >= 4 is 5.69 Å². The molecule has 0 aromatic heterocycles. The van der Waals surface area contributed by atoms with Crippen LogP contribution in [0.25, 0.3) is 0 Å². The second-order valence-corrected chi connectivity index (χ2v) is 8.22. The van der Waals surface area contributed by atoms with Gasteiger partial charge >= 0.3 is 0 Å². The molecule has 1 heterocycles. The lowest BCUT2D eigenvalue weighted by Crippen LogP contribution is -2.43. The zero-order valence-electron chi connectivity index (χ0n) is 18.6. The highest BCUT2D eigenvalue weighted by Gasteiger charge is 2.48. The van der Waals surface area contributed by atoms with Crippen LogP contribution in [0.5, 0.6) is 11.5 Å². The zero-order valence-corrected chi connectivity index (χ0v) is 18.6. The van der Waals surface area contributed by atoms with Gasteiger partial charge < -0.3 is 14.4 Å². The van der Waals surface area contributed by atoms with Crippen LogP contribution in [0.2, 0.25) is 0 Å². The fourth-order valence-corrected chi connectivity index (χ4v) is 4.88. The highest BCUT2D eigenvalue weighted by Crippen LogP contribution is 2.51. The molecule has 0 amide bonds. The maximum absolute atomic E-state index is 8.93. The highest BCUT2D eigenvalue weighted by molar-refractivity contribution is 5.68. The average molecular weight is 444 g/mol. The van der Waals surface area contributed by atoms with Crippen molar-refractivity contribution in [2.24, 2.45) is 0 Å². The number of rotatable bonds is 5. The monoisotopic (exact) mass is 443 g/mol. The Morgan fingerprint density at radius 1 is 0.706 bits per heavy atom. The summed E-state index contributed by atoms with van der Waals surface area (Å²) < 4.78 is 10.1. The lowest BCUT2D eigenvalue weighted by Gasteiger charge is -2.42. The van der Waals surface area contributed by atoms with Gasteiger partial charge in [-0.25, -0.2) is 0 Å². The quantitative estimate of drug-likeness (QED) is 0.353. The molecule has 0 bridgehead atoms. The van der Waals surface area contributed by atoms with Crippen LogP contribution in [0, 0.1) is 30.0 Å². The van der Waals surface area contributed by atoms with E-state index in [2.05, 4.69) is 60.4 Å². The summed E-state index contributed by atoms with van der Waals surface area (Å²) in [6.07, 6.45) is 3.47. The van der Waals surface area contributed by atoms with Gasteiger partial charge in [-0.1, -0.05) is 66.2 Å². The fourth-order valence-electron chi connectivity index (χ4n) is 4.88. The normalized spacial score (nSPS) is 13.4. The van der Waals surface area contributed by atoms with Crippen LogP contribution >= 0.6 is 0 Å². The lowest BCUT2D eigenvalue weighted by molar-refractivity contribution is 0.504. The molecule has 0 fully saturated rings. The first-order chi connectivity index (χ1) is 16.7. The molecule has 5 rings (SSSR count). The molecule has 0 atom stereocenters. The molecule has 0 aliphatic carbocycles. The molecule has 0 unspecified atom stereocenters. The van der Waals surface area contributed by atoms with E-state index in [9.17, 15) is 0 Å². The van der Waals surface area contributed by atoms with E-state index in [-0.39, 0.29) is 0 Å². The van der Waals surface area contributed by atoms with Crippen molar-refractivity contribution in [2.45, 2.75) is 19.0 Å². The Labute approximate surface area is 198 Å². The minimum atomic E-state index is -0.637. The van der Waals surface area contributed by atoms with Gasteiger partial charge in [0.25, 0.3) is 12.5 Å². The summed E-state index contributed by atoms with van der Waals surface area (Å²) in [5, 5.41) is 17.9. The van der Waals surface area contributed by atoms with Gasteiger partial charge in [-0.15, -0.1) is 10.5 Å². The van der Waals surface area contributed by atoms with Crippen molar-refractivity contribution in [2.75, 3.05) is 4.90 Å². The summed E-state index contributed by atoms with van der Waals surface area (Å²) in [7, 11) is 0. The molecule has 164 valence electrons. The van der Waals surface area contributed by atoms with Crippen LogP contribution in [0.1, 0.15) is 27.8 Å². The summed E-state index contributed by atoms with van der Waals surface area (Å²) in [5.74, 6) is 0.986. The second-order valence-electron chi connectivity index (χ2n) is 8.22. The third-order valence-electron chi connectivity index (χ3n) is 6.36. The molecule has 1 aliphatic heterocycles. The van der Waals surface area contributed by atoms with Crippen LogP contribution in [-0.2, 0) is 12.1 Å². The number of aryl methyl sites for hydroxylation is 1. The summed E-state index contributed by atoms with van der Waals surface area (Å²) in [4.78, 5) is 2.40. The van der Waals surface area contributed by atoms with Gasteiger partial charge in [-0.3, -0.25) is 0 Å². The van der Waals surface area contributed by atoms with E-state index in [1.807, 2.05) is 48.5 Å². The van der Waals surface area contributed by atoms with Crippen molar-refractivity contribution in [1.29, 1.82) is 10.5 Å². The molecule has 0 N–H and O–H groups in total. The number of ether oxygens (including phenoxy) is 2. The lowest BCUT2D eigenvalue weighted by atomic mass is 9.76. The van der Waals surface area contributed by atoms with Crippen molar-refractivity contribution in [1.82, 2.24) is 0 Å². The highest BCUT2D eigenvalue weighted by atomic mass is 16.5. The predicted molar refractivity (Wildman–Crippen MR) is 129 cm³/mol. The van der Waals surface area contributed by atoms with Gasteiger partial charge in [0.1, 0.15) is 17.0 Å². The van der Waals surface area contributed by atoms with Crippen LogP contribution in [-0.4, -0.2) is 0 Å². The van der Waals surface area contributed by atoms with Crippen molar-refractivity contribution in [3.8, 4) is 24.0 Å². The molecule has 1 aliphatic rings. The number of fused-ring (bicyclic) bond motifs is 1. The minimum Gasteiger partial charge on any atom is -0.388 e. The first-order valence-corrected chi connectivity index (χ1v) is 10.9. The van der Waals surface area contributed by atoms with Gasteiger partial charge in [0, 0.05) is 12.2 Å². The first-order valence-electron chi connectivity index (χ1n) is 10.9. The number of nitriles is 2. The predicted octanol–water partition coefficient (Wildman–Crippen LogP) is 6.03. The minimum absolute atomic E-state index is 0.493. The van der Waals surface area contributed by atoms with E-state index in [1.165, 1.54) is 16.7 Å². The van der Waals surface area contributed by atoms with E-state index in [0.29, 0.717) is 11.5 Å². The summed E-state index contributed by atoms with van der Waals surface area (Å²) in [6, 6.07) is 32.3. The Bertz CT molecular complexity index is 1340. The SMILES string of the molecule is Cc1ccc(N2Cc3ccccc3C2(c2ccc(OC#N)cc2)c2ccc(OC#N)cc2)cc1. The average Bonchev–Trinajstić information content (AvgIpc) is 3.22. The second kappa shape index (κ2) is 8.65. The van der Waals surface area contributed by atoms with Crippen molar-refractivity contribution < 1.29 is 9.47 Å². The van der Waals surface area contributed by atoms with Crippen LogP contribution in [0.4, 0.5) is 5.69 Å². The molecule has 0 radical (unpaired) electrons. The molecule has 34 heavy (non-hydrogen) atoms. The summed E-state index contributed by atoms with van der Waals surface area (Å²) >= 11 is 0. The van der Waals surface area contributed by atoms with Gasteiger partial charge in [0.15, 0.2) is 0 Å². The molecular formula is C29H21N3O2. The van der Waals surface area contributed by atoms with Gasteiger partial charge in [0.05, 0.1) is 0 Å². The van der Waals surface area contributed by atoms with Crippen LogP contribution < -0.4 is 14.4 Å². The molecule has 0 saturated carbocycles. The smallest absolute Gasteiger partial charge is 0.292 e. The Morgan fingerprint density at radius 2 is 1.24 bits per heavy atom. The van der Waals surface area contributed by atoms with E-state index in [1.54, 1.807) is 12.5 Å². The molecule has 0 spiro atoms. The van der Waals surface area contributed by atoms with Crippen LogP contribution in [0.3, 0.4) is 0 Å². The van der Waals surface area contributed by atoms with E-state index < -0.39 is 5.54 Å². The zero-order chi connectivity index (χ0) is 23.5. The Hall–Kier alpha value is -4.74. The standard InChI is InChI=1S/C29H21N3O2/c1-21-6-12-25(13-7-21)32-18-22-4-2-3-5-28(22)29(32,23-8-14-26(15-9-23)33-19-30)24-10-16-27(17-11-24)34-20-31/h2-17H,18H2,1H3. The topological polar surface area (TPSA) is 69.3 Å². The van der Waals surface area contributed by atoms with Gasteiger partial charge in [-0.2, -0.15) is 0 Å². The molecule has 4 aromatic carbocycles. The number of nitrogens with zero attached hydrogens (tertiary/aromatic N) is 3. The number of benzene rings is 4. The molecule has 5 heteroatoms. The molecule has 0 saturated heterocycles. The molecule has 4 aromatic rings. The van der Waals surface area contributed by atoms with Gasteiger partial charge in [0.2, 0.25) is 0 Å². The number of hydrogen-bond acceptors (Lipinski definition) is 5. The van der Waals surface area contributed by atoms with E-state index >= 15 is 0 Å². The third kappa shape index (κ3) is 3.41. The van der Waals surface area contributed by atoms with E-state index in [0.717, 1.165) is 23.4 Å². The first kappa shape index (κ1) is 21.1. The Kier molecular flexibility index (Phi) is 5.38. The molecule has 5 nitrogen and oxygen atoms in total. The largest absolute Gasteiger partial charge is 0.388 e. The fraction of sp³-hybridized carbons (Fsp3) is 0.103.